The number of aromatic nitrogens is 1. The number of hydrogen-bond donors (Lipinski definition) is 0. The van der Waals surface area contributed by atoms with Gasteiger partial charge in [0.25, 0.3) is 5.91 Å². The Kier molecular flexibility index (Phi) is 4.62. The van der Waals surface area contributed by atoms with Gasteiger partial charge in [0.2, 0.25) is 6.10 Å². The van der Waals surface area contributed by atoms with Crippen LogP contribution in [0.2, 0.25) is 5.02 Å². The van der Waals surface area contributed by atoms with Gasteiger partial charge in [-0.15, -0.1) is 11.3 Å². The molecule has 1 aromatic heterocycles. The number of thiazole rings is 1. The van der Waals surface area contributed by atoms with E-state index in [0.29, 0.717) is 12.3 Å². The molecular formula is C17H16ClFN2O3S. The molecule has 1 amide bonds. The molecule has 4 rings (SSSR count). The van der Waals surface area contributed by atoms with E-state index >= 15 is 0 Å². The zero-order valence-electron chi connectivity index (χ0n) is 13.2. The summed E-state index contributed by atoms with van der Waals surface area (Å²) in [6.45, 7) is 1.26. The van der Waals surface area contributed by atoms with Crippen LogP contribution < -0.4 is 4.74 Å². The van der Waals surface area contributed by atoms with Crippen LogP contribution in [0.25, 0.3) is 0 Å². The quantitative estimate of drug-likeness (QED) is 0.743. The number of ether oxygens (including phenoxy) is 2. The van der Waals surface area contributed by atoms with Gasteiger partial charge in [0.05, 0.1) is 22.3 Å². The van der Waals surface area contributed by atoms with E-state index in [9.17, 15) is 9.18 Å². The lowest BCUT2D eigenvalue weighted by molar-refractivity contribution is -0.167. The number of benzene rings is 1. The van der Waals surface area contributed by atoms with E-state index in [4.69, 9.17) is 21.1 Å². The van der Waals surface area contributed by atoms with Crippen LogP contribution in [0.3, 0.4) is 0 Å². The fraction of sp³-hybridized carbons (Fsp3) is 0.412. The molecule has 0 radical (unpaired) electrons. The van der Waals surface area contributed by atoms with Crippen molar-refractivity contribution >= 4 is 28.8 Å². The molecule has 2 aliphatic heterocycles. The lowest BCUT2D eigenvalue weighted by Gasteiger charge is -2.46. The van der Waals surface area contributed by atoms with Crippen molar-refractivity contribution in [2.75, 3.05) is 13.2 Å². The highest BCUT2D eigenvalue weighted by Crippen LogP contribution is 2.39. The molecular weight excluding hydrogens is 367 g/mol. The summed E-state index contributed by atoms with van der Waals surface area (Å²) in [6.07, 6.45) is 1.30. The van der Waals surface area contributed by atoms with Crippen LogP contribution in [0.4, 0.5) is 4.39 Å². The number of β-lactam (4-membered cyclic amide) rings is 1. The number of carbonyl (C=O) groups excluding carboxylic acids is 1. The summed E-state index contributed by atoms with van der Waals surface area (Å²) < 4.78 is 24.7. The monoisotopic (exact) mass is 382 g/mol. The van der Waals surface area contributed by atoms with Gasteiger partial charge in [0, 0.05) is 18.5 Å². The normalized spacial score (nSPS) is 25.9. The Hall–Kier alpha value is -1.70. The highest BCUT2D eigenvalue weighted by atomic mass is 35.5. The standard InChI is InChI=1S/C17H16ClFN2O3S/c18-12-6-10(19)3-4-14(12)24-16-15(13-8-25-9-20-13)21(17(16)22)7-11-2-1-5-23-11/h3-4,6,8-9,11,15-16H,1-2,5,7H2. The van der Waals surface area contributed by atoms with Crippen molar-refractivity contribution in [2.24, 2.45) is 0 Å². The zero-order chi connectivity index (χ0) is 17.4. The third-order valence-corrected chi connectivity index (χ3v) is 5.38. The minimum atomic E-state index is -0.716. The predicted octanol–water partition coefficient (Wildman–Crippen LogP) is 3.45. The van der Waals surface area contributed by atoms with Gasteiger partial charge in [-0.1, -0.05) is 11.6 Å². The summed E-state index contributed by atoms with van der Waals surface area (Å²) in [6, 6.07) is 3.57. The number of rotatable bonds is 5. The van der Waals surface area contributed by atoms with Gasteiger partial charge in [0.15, 0.2) is 0 Å². The van der Waals surface area contributed by atoms with Gasteiger partial charge in [-0.05, 0) is 31.0 Å². The minimum Gasteiger partial charge on any atom is -0.476 e. The summed E-state index contributed by atoms with van der Waals surface area (Å²) >= 11 is 7.49. The Balaban J connectivity index is 1.55. The fourth-order valence-electron chi connectivity index (χ4n) is 3.23. The molecule has 132 valence electrons. The summed E-state index contributed by atoms with van der Waals surface area (Å²) in [7, 11) is 0. The molecule has 8 heteroatoms. The molecule has 2 fully saturated rings. The maximum absolute atomic E-state index is 13.2. The molecule has 0 aliphatic carbocycles. The number of hydrogen-bond acceptors (Lipinski definition) is 5. The SMILES string of the molecule is O=C1C(Oc2ccc(F)cc2Cl)C(c2cscn2)N1CC1CCCO1. The number of nitrogens with zero attached hydrogens (tertiary/aromatic N) is 2. The van der Waals surface area contributed by atoms with Crippen molar-refractivity contribution in [3.63, 3.8) is 0 Å². The van der Waals surface area contributed by atoms with Crippen LogP contribution in [0.5, 0.6) is 5.75 Å². The highest BCUT2D eigenvalue weighted by molar-refractivity contribution is 7.07. The number of halogens is 2. The molecule has 0 spiro atoms. The predicted molar refractivity (Wildman–Crippen MR) is 91.4 cm³/mol. The van der Waals surface area contributed by atoms with E-state index in [0.717, 1.165) is 25.1 Å². The highest BCUT2D eigenvalue weighted by Gasteiger charge is 2.52. The van der Waals surface area contributed by atoms with Crippen LogP contribution in [0, 0.1) is 5.82 Å². The Labute approximate surface area is 153 Å². The van der Waals surface area contributed by atoms with Crippen molar-refractivity contribution in [3.05, 3.63) is 45.6 Å². The maximum atomic E-state index is 13.2. The van der Waals surface area contributed by atoms with Crippen LogP contribution >= 0.6 is 22.9 Å². The average molecular weight is 383 g/mol. The molecule has 3 unspecified atom stereocenters. The number of carbonyl (C=O) groups is 1. The first-order chi connectivity index (χ1) is 12.1. The summed E-state index contributed by atoms with van der Waals surface area (Å²) in [5.74, 6) is -0.291. The van der Waals surface area contributed by atoms with Gasteiger partial charge in [-0.3, -0.25) is 4.79 Å². The second-order valence-corrected chi connectivity index (χ2v) is 7.22. The van der Waals surface area contributed by atoms with Gasteiger partial charge in [-0.2, -0.15) is 0 Å². The molecule has 5 nitrogen and oxygen atoms in total. The van der Waals surface area contributed by atoms with E-state index in [1.54, 1.807) is 10.4 Å². The van der Waals surface area contributed by atoms with E-state index in [2.05, 4.69) is 4.98 Å². The first kappa shape index (κ1) is 16.8. The fourth-order valence-corrected chi connectivity index (χ4v) is 4.03. The van der Waals surface area contributed by atoms with Gasteiger partial charge >= 0.3 is 0 Å². The lowest BCUT2D eigenvalue weighted by atomic mass is 9.94. The third kappa shape index (κ3) is 3.23. The molecule has 0 bridgehead atoms. The second kappa shape index (κ2) is 6.90. The molecule has 2 saturated heterocycles. The number of likely N-dealkylation sites (tertiary alicyclic amines) is 1. The topological polar surface area (TPSA) is 51.7 Å². The maximum Gasteiger partial charge on any atom is 0.267 e. The van der Waals surface area contributed by atoms with Crippen LogP contribution in [-0.2, 0) is 9.53 Å². The van der Waals surface area contributed by atoms with E-state index in [1.165, 1.54) is 29.5 Å². The number of amides is 1. The van der Waals surface area contributed by atoms with Crippen molar-refractivity contribution in [3.8, 4) is 5.75 Å². The Morgan fingerprint density at radius 1 is 1.48 bits per heavy atom. The summed E-state index contributed by atoms with van der Waals surface area (Å²) in [5.41, 5.74) is 2.51. The van der Waals surface area contributed by atoms with E-state index in [1.807, 2.05) is 5.38 Å². The molecule has 1 aromatic carbocycles. The smallest absolute Gasteiger partial charge is 0.267 e. The van der Waals surface area contributed by atoms with Crippen molar-refractivity contribution in [1.29, 1.82) is 0 Å². The molecule has 2 aromatic rings. The minimum absolute atomic E-state index is 0.0560. The van der Waals surface area contributed by atoms with E-state index < -0.39 is 11.9 Å². The molecule has 0 N–H and O–H groups in total. The Morgan fingerprint density at radius 2 is 2.36 bits per heavy atom. The second-order valence-electron chi connectivity index (χ2n) is 6.10. The summed E-state index contributed by atoms with van der Waals surface area (Å²) in [4.78, 5) is 18.7. The lowest BCUT2D eigenvalue weighted by Crippen LogP contribution is -2.62. The first-order valence-electron chi connectivity index (χ1n) is 8.05. The molecule has 3 heterocycles. The van der Waals surface area contributed by atoms with Crippen LogP contribution in [0.1, 0.15) is 24.6 Å². The van der Waals surface area contributed by atoms with Gasteiger partial charge in [0.1, 0.15) is 17.6 Å². The molecule has 2 aliphatic rings. The Morgan fingerprint density at radius 3 is 3.04 bits per heavy atom. The summed E-state index contributed by atoms with van der Waals surface area (Å²) in [5, 5.41) is 2.05. The Bertz CT molecular complexity index is 767. The van der Waals surface area contributed by atoms with Crippen molar-refractivity contribution in [2.45, 2.75) is 31.1 Å². The first-order valence-corrected chi connectivity index (χ1v) is 9.37. The van der Waals surface area contributed by atoms with Crippen molar-refractivity contribution < 1.29 is 18.7 Å². The molecule has 3 atom stereocenters. The molecule has 0 saturated carbocycles. The third-order valence-electron chi connectivity index (χ3n) is 4.48. The molecule has 25 heavy (non-hydrogen) atoms. The largest absolute Gasteiger partial charge is 0.476 e. The average Bonchev–Trinajstić information content (AvgIpc) is 3.28. The zero-order valence-corrected chi connectivity index (χ0v) is 14.8. The van der Waals surface area contributed by atoms with Gasteiger partial charge < -0.3 is 14.4 Å². The van der Waals surface area contributed by atoms with E-state index in [-0.39, 0.29) is 23.1 Å². The van der Waals surface area contributed by atoms with Gasteiger partial charge in [-0.25, -0.2) is 9.37 Å². The van der Waals surface area contributed by atoms with Crippen LogP contribution in [0.15, 0.2) is 29.1 Å². The van der Waals surface area contributed by atoms with Crippen LogP contribution in [-0.4, -0.2) is 41.2 Å². The van der Waals surface area contributed by atoms with Crippen molar-refractivity contribution in [1.82, 2.24) is 9.88 Å².